The fourth-order valence-corrected chi connectivity index (χ4v) is 9.55. The summed E-state index contributed by atoms with van der Waals surface area (Å²) in [6.07, 6.45) is 16.7. The number of hydrogen-bond donors (Lipinski definition) is 6. The van der Waals surface area contributed by atoms with E-state index in [2.05, 4.69) is 60.5 Å². The first-order valence-electron chi connectivity index (χ1n) is 20.9. The van der Waals surface area contributed by atoms with E-state index in [-0.39, 0.29) is 47.5 Å². The lowest BCUT2D eigenvalue weighted by atomic mass is 9.90. The number of sulfonamides is 1. The number of carbonyl (C=O) groups excluding carboxylic acids is 1. The predicted molar refractivity (Wildman–Crippen MR) is 235 cm³/mol. The van der Waals surface area contributed by atoms with E-state index in [1.54, 1.807) is 36.9 Å². The second kappa shape index (κ2) is 19.1. The SMILES string of the molecule is CCCS(=O)(=O)NC1CCCCC1Nc1nc(-c2c[nH]c3ncccc23)ncc1F.O=C(NC1CCCCC1Nc1nc(-c2c[nH]c3ncccc23)ncc1F)c1ccccc1. The van der Waals surface area contributed by atoms with Gasteiger partial charge in [-0.15, -0.1) is 0 Å². The molecule has 62 heavy (non-hydrogen) atoms. The van der Waals surface area contributed by atoms with Crippen LogP contribution in [-0.2, 0) is 10.0 Å². The van der Waals surface area contributed by atoms with Crippen molar-refractivity contribution < 1.29 is 22.0 Å². The molecule has 2 aliphatic rings. The van der Waals surface area contributed by atoms with Crippen LogP contribution in [0.1, 0.15) is 75.1 Å². The molecule has 9 rings (SSSR count). The fraction of sp³-hybridized carbons (Fsp3) is 0.341. The van der Waals surface area contributed by atoms with Gasteiger partial charge in [0.05, 0.1) is 18.1 Å². The molecule has 15 nitrogen and oxygen atoms in total. The minimum absolute atomic E-state index is 0.0739. The van der Waals surface area contributed by atoms with E-state index in [1.807, 2.05) is 49.4 Å². The van der Waals surface area contributed by atoms with Crippen molar-refractivity contribution in [2.45, 2.75) is 88.9 Å². The lowest BCUT2D eigenvalue weighted by molar-refractivity contribution is 0.0923. The average Bonchev–Trinajstić information content (AvgIpc) is 3.92. The minimum atomic E-state index is -3.36. The van der Waals surface area contributed by atoms with Crippen molar-refractivity contribution in [3.8, 4) is 22.8 Å². The molecule has 0 radical (unpaired) electrons. The van der Waals surface area contributed by atoms with Gasteiger partial charge in [-0.25, -0.2) is 51.8 Å². The molecule has 7 aromatic rings. The zero-order chi connectivity index (χ0) is 43.1. The number of aromatic nitrogens is 8. The Morgan fingerprint density at radius 2 is 1.18 bits per heavy atom. The number of benzene rings is 1. The second-order valence-electron chi connectivity index (χ2n) is 15.5. The third kappa shape index (κ3) is 9.87. The van der Waals surface area contributed by atoms with E-state index in [0.29, 0.717) is 35.7 Å². The van der Waals surface area contributed by atoms with Gasteiger partial charge < -0.3 is 25.9 Å². The molecule has 18 heteroatoms. The summed E-state index contributed by atoms with van der Waals surface area (Å²) in [5.41, 5.74) is 3.52. The number of amides is 1. The molecule has 2 aliphatic carbocycles. The summed E-state index contributed by atoms with van der Waals surface area (Å²) in [7, 11) is -3.36. The number of carbonyl (C=O) groups is 1. The van der Waals surface area contributed by atoms with E-state index >= 15 is 0 Å². The van der Waals surface area contributed by atoms with Crippen LogP contribution in [0.2, 0.25) is 0 Å². The molecule has 4 atom stereocenters. The molecule has 1 amide bonds. The Balaban J connectivity index is 0.000000171. The van der Waals surface area contributed by atoms with Crippen molar-refractivity contribution in [1.82, 2.24) is 49.9 Å². The Bertz CT molecular complexity index is 2750. The van der Waals surface area contributed by atoms with Crippen molar-refractivity contribution in [2.75, 3.05) is 16.4 Å². The minimum Gasteiger partial charge on any atom is -0.363 e. The summed E-state index contributed by atoms with van der Waals surface area (Å²) in [4.78, 5) is 44.6. The topological polar surface area (TPSA) is 208 Å². The van der Waals surface area contributed by atoms with Crippen LogP contribution in [-0.4, -0.2) is 84.1 Å². The predicted octanol–water partition coefficient (Wildman–Crippen LogP) is 7.52. The molecule has 0 spiro atoms. The van der Waals surface area contributed by atoms with Gasteiger partial charge in [0.25, 0.3) is 5.91 Å². The van der Waals surface area contributed by atoms with E-state index in [4.69, 9.17) is 0 Å². The standard InChI is InChI=1S/C24H23FN6O.C20H25FN6O2S/c25-18-14-28-22(17-13-27-21-16(17)9-6-12-26-21)31-23(18)29-19-10-4-5-11-20(19)30-24(32)15-7-2-1-3-8-15;1-2-10-30(28,29)27-17-8-4-3-7-16(17)25-20-15(21)12-24-19(26-20)14-11-23-18-13(14)6-5-9-22-18/h1-3,6-9,12-14,19-20H,4-5,10-11H2,(H,26,27)(H,30,32)(H,28,29,31);5-6,9,11-12,16-17,27H,2-4,7-8,10H2,1H3,(H,22,23)(H,24,25,26). The average molecular weight is 863 g/mol. The molecule has 322 valence electrons. The lowest BCUT2D eigenvalue weighted by Gasteiger charge is -2.33. The number of H-pyrrole nitrogens is 2. The maximum absolute atomic E-state index is 14.6. The van der Waals surface area contributed by atoms with Crippen molar-refractivity contribution >= 4 is 49.6 Å². The third-order valence-corrected chi connectivity index (χ3v) is 12.8. The number of anilines is 2. The molecule has 0 bridgehead atoms. The van der Waals surface area contributed by atoms with Crippen molar-refractivity contribution in [3.05, 3.63) is 109 Å². The Labute approximate surface area is 357 Å². The van der Waals surface area contributed by atoms with Crippen LogP contribution in [0, 0.1) is 11.6 Å². The van der Waals surface area contributed by atoms with E-state index in [9.17, 15) is 22.0 Å². The number of nitrogens with one attached hydrogen (secondary N) is 6. The van der Waals surface area contributed by atoms with Crippen LogP contribution in [0.25, 0.3) is 44.8 Å². The number of rotatable bonds is 12. The molecule has 6 aromatic heterocycles. The number of aromatic amines is 2. The van der Waals surface area contributed by atoms with Crippen LogP contribution < -0.4 is 20.7 Å². The van der Waals surface area contributed by atoms with E-state index < -0.39 is 21.7 Å². The molecule has 4 unspecified atom stereocenters. The summed E-state index contributed by atoms with van der Waals surface area (Å²) in [6.45, 7) is 1.83. The smallest absolute Gasteiger partial charge is 0.251 e. The van der Waals surface area contributed by atoms with Gasteiger partial charge in [0.1, 0.15) is 11.3 Å². The number of pyridine rings is 2. The first-order valence-corrected chi connectivity index (χ1v) is 22.6. The highest BCUT2D eigenvalue weighted by molar-refractivity contribution is 7.89. The highest BCUT2D eigenvalue weighted by Crippen LogP contribution is 2.30. The van der Waals surface area contributed by atoms with Crippen LogP contribution in [0.3, 0.4) is 0 Å². The third-order valence-electron chi connectivity index (χ3n) is 11.2. The molecule has 0 saturated heterocycles. The second-order valence-corrected chi connectivity index (χ2v) is 17.4. The van der Waals surface area contributed by atoms with Crippen molar-refractivity contribution in [2.24, 2.45) is 0 Å². The van der Waals surface area contributed by atoms with E-state index in [1.165, 1.54) is 6.20 Å². The monoisotopic (exact) mass is 862 g/mol. The van der Waals surface area contributed by atoms with Gasteiger partial charge in [0, 0.05) is 76.4 Å². The van der Waals surface area contributed by atoms with Gasteiger partial charge in [-0.3, -0.25) is 4.79 Å². The Morgan fingerprint density at radius 3 is 1.71 bits per heavy atom. The summed E-state index contributed by atoms with van der Waals surface area (Å²) < 4.78 is 56.4. The molecular weight excluding hydrogens is 815 g/mol. The normalized spacial score (nSPS) is 19.1. The summed E-state index contributed by atoms with van der Waals surface area (Å²) in [5, 5.41) is 11.2. The largest absolute Gasteiger partial charge is 0.363 e. The van der Waals surface area contributed by atoms with Crippen LogP contribution >= 0.6 is 0 Å². The molecule has 6 N–H and O–H groups in total. The molecule has 2 fully saturated rings. The van der Waals surface area contributed by atoms with Gasteiger partial charge >= 0.3 is 0 Å². The number of hydrogen-bond acceptors (Lipinski definition) is 11. The Morgan fingerprint density at radius 1 is 0.677 bits per heavy atom. The number of halogens is 2. The van der Waals surface area contributed by atoms with Crippen molar-refractivity contribution in [1.29, 1.82) is 0 Å². The summed E-state index contributed by atoms with van der Waals surface area (Å²) in [5.74, 6) is -0.145. The molecule has 1 aromatic carbocycles. The van der Waals surface area contributed by atoms with Crippen LogP contribution in [0.15, 0.2) is 91.8 Å². The zero-order valence-corrected chi connectivity index (χ0v) is 34.9. The quantitative estimate of drug-likeness (QED) is 0.0708. The Hall–Kier alpha value is -6.40. The Kier molecular flexibility index (Phi) is 13.0. The zero-order valence-electron chi connectivity index (χ0n) is 34.1. The van der Waals surface area contributed by atoms with Crippen LogP contribution in [0.4, 0.5) is 20.4 Å². The van der Waals surface area contributed by atoms with Gasteiger partial charge in [-0.05, 0) is 68.5 Å². The molecule has 0 aliphatic heterocycles. The molecule has 2 saturated carbocycles. The van der Waals surface area contributed by atoms with Gasteiger partial charge in [0.15, 0.2) is 34.9 Å². The van der Waals surface area contributed by atoms with Gasteiger partial charge in [0.2, 0.25) is 10.0 Å². The van der Waals surface area contributed by atoms with Gasteiger partial charge in [-0.2, -0.15) is 0 Å². The highest BCUT2D eigenvalue weighted by Gasteiger charge is 2.31. The molecule has 6 heterocycles. The van der Waals surface area contributed by atoms with Crippen LogP contribution in [0.5, 0.6) is 0 Å². The number of fused-ring (bicyclic) bond motifs is 2. The summed E-state index contributed by atoms with van der Waals surface area (Å²) in [6, 6.07) is 15.8. The fourth-order valence-electron chi connectivity index (χ4n) is 8.15. The number of nitrogens with zero attached hydrogens (tertiary/aromatic N) is 6. The van der Waals surface area contributed by atoms with Gasteiger partial charge in [-0.1, -0.05) is 50.8 Å². The first-order chi connectivity index (χ1) is 30.2. The summed E-state index contributed by atoms with van der Waals surface area (Å²) >= 11 is 0. The van der Waals surface area contributed by atoms with E-state index in [0.717, 1.165) is 78.7 Å². The lowest BCUT2D eigenvalue weighted by Crippen LogP contribution is -2.49. The highest BCUT2D eigenvalue weighted by atomic mass is 32.2. The molecular formula is C44H48F2N12O3S. The maximum Gasteiger partial charge on any atom is 0.251 e. The first kappa shape index (κ1) is 42.3. The van der Waals surface area contributed by atoms with Crippen molar-refractivity contribution in [3.63, 3.8) is 0 Å². The maximum atomic E-state index is 14.6.